The average molecular weight is 485 g/mol. The summed E-state index contributed by atoms with van der Waals surface area (Å²) in [6, 6.07) is 10.6. The third-order valence-corrected chi connectivity index (χ3v) is 6.89. The fourth-order valence-corrected chi connectivity index (χ4v) is 5.38. The number of allylic oxidation sites excluding steroid dienone is 1. The Morgan fingerprint density at radius 2 is 2.00 bits per heavy atom. The third-order valence-electron chi connectivity index (χ3n) is 5.09. The number of rotatable bonds is 8. The lowest BCUT2D eigenvalue weighted by Gasteiger charge is -2.25. The lowest BCUT2D eigenvalue weighted by molar-refractivity contribution is -0.140. The number of hydrogen-bond donors (Lipinski definition) is 0. The predicted octanol–water partition coefficient (Wildman–Crippen LogP) is 2.89. The van der Waals surface area contributed by atoms with Crippen LogP contribution in [-0.4, -0.2) is 37.5 Å². The first-order valence-corrected chi connectivity index (χ1v) is 12.2. The standard InChI is InChI=1S/C24H24N2O5S2/c1-4-30-17-9-7-16(8-10-17)21-20(23(28)31-12-11-29-3)15(2)25-24-26(21)22(27)19(33-24)14-18-6-5-13-32-18/h5-10,13-14,21H,4,11-12H2,1-3H3. The molecular weight excluding hydrogens is 460 g/mol. The van der Waals surface area contributed by atoms with Gasteiger partial charge >= 0.3 is 5.97 Å². The summed E-state index contributed by atoms with van der Waals surface area (Å²) in [5.74, 6) is 0.205. The van der Waals surface area contributed by atoms with E-state index in [-0.39, 0.29) is 18.8 Å². The largest absolute Gasteiger partial charge is 0.494 e. The summed E-state index contributed by atoms with van der Waals surface area (Å²) in [5, 5.41) is 1.96. The normalized spacial score (nSPS) is 15.8. The van der Waals surface area contributed by atoms with E-state index in [0.717, 1.165) is 16.2 Å². The lowest BCUT2D eigenvalue weighted by Crippen LogP contribution is -2.40. The first kappa shape index (κ1) is 23.2. The number of nitrogens with zero attached hydrogens (tertiary/aromatic N) is 2. The average Bonchev–Trinajstić information content (AvgIpc) is 3.42. The number of fused-ring (bicyclic) bond motifs is 1. The molecule has 1 atom stereocenters. The summed E-state index contributed by atoms with van der Waals surface area (Å²) in [5.41, 5.74) is 1.45. The number of aromatic nitrogens is 1. The molecule has 7 nitrogen and oxygen atoms in total. The molecule has 0 bridgehead atoms. The number of esters is 1. The van der Waals surface area contributed by atoms with E-state index in [9.17, 15) is 9.59 Å². The van der Waals surface area contributed by atoms with Crippen molar-refractivity contribution in [2.75, 3.05) is 26.9 Å². The zero-order valence-corrected chi connectivity index (χ0v) is 20.2. The van der Waals surface area contributed by atoms with Gasteiger partial charge in [-0.15, -0.1) is 11.3 Å². The molecule has 1 unspecified atom stereocenters. The maximum Gasteiger partial charge on any atom is 0.338 e. The van der Waals surface area contributed by atoms with Gasteiger partial charge in [0.05, 0.1) is 35.1 Å². The number of hydrogen-bond acceptors (Lipinski definition) is 8. The van der Waals surface area contributed by atoms with Crippen molar-refractivity contribution in [3.8, 4) is 5.75 Å². The van der Waals surface area contributed by atoms with Gasteiger partial charge in [0.15, 0.2) is 4.80 Å². The lowest BCUT2D eigenvalue weighted by atomic mass is 9.96. The minimum Gasteiger partial charge on any atom is -0.494 e. The summed E-state index contributed by atoms with van der Waals surface area (Å²) in [7, 11) is 1.54. The van der Waals surface area contributed by atoms with Crippen molar-refractivity contribution in [1.29, 1.82) is 0 Å². The highest BCUT2D eigenvalue weighted by atomic mass is 32.1. The van der Waals surface area contributed by atoms with Crippen LogP contribution in [0.2, 0.25) is 0 Å². The van der Waals surface area contributed by atoms with Gasteiger partial charge in [-0.3, -0.25) is 9.36 Å². The van der Waals surface area contributed by atoms with Crippen LogP contribution in [0.1, 0.15) is 30.3 Å². The van der Waals surface area contributed by atoms with Crippen LogP contribution in [0.15, 0.2) is 62.8 Å². The molecule has 0 amide bonds. The fourth-order valence-electron chi connectivity index (χ4n) is 3.61. The molecule has 0 saturated heterocycles. The van der Waals surface area contributed by atoms with Crippen molar-refractivity contribution in [2.24, 2.45) is 4.99 Å². The van der Waals surface area contributed by atoms with Gasteiger partial charge in [-0.25, -0.2) is 9.79 Å². The number of benzene rings is 1. The van der Waals surface area contributed by atoms with Crippen LogP contribution >= 0.6 is 22.7 Å². The van der Waals surface area contributed by atoms with Gasteiger partial charge in [0, 0.05) is 12.0 Å². The first-order valence-electron chi connectivity index (χ1n) is 10.5. The molecule has 172 valence electrons. The van der Waals surface area contributed by atoms with Gasteiger partial charge in [0.2, 0.25) is 0 Å². The van der Waals surface area contributed by atoms with Crippen molar-refractivity contribution >= 4 is 34.7 Å². The molecular formula is C24H24N2O5S2. The predicted molar refractivity (Wildman–Crippen MR) is 129 cm³/mol. The van der Waals surface area contributed by atoms with E-state index in [1.165, 1.54) is 11.3 Å². The van der Waals surface area contributed by atoms with E-state index in [4.69, 9.17) is 14.2 Å². The zero-order chi connectivity index (χ0) is 23.4. The molecule has 9 heteroatoms. The maximum atomic E-state index is 13.5. The van der Waals surface area contributed by atoms with Gasteiger partial charge in [0.25, 0.3) is 5.56 Å². The summed E-state index contributed by atoms with van der Waals surface area (Å²) in [4.78, 5) is 32.7. The molecule has 2 aromatic heterocycles. The van der Waals surface area contributed by atoms with E-state index >= 15 is 0 Å². The minimum atomic E-state index is -0.655. The molecule has 0 radical (unpaired) electrons. The number of carbonyl (C=O) groups is 1. The highest BCUT2D eigenvalue weighted by Crippen LogP contribution is 2.31. The van der Waals surface area contributed by atoms with Crippen molar-refractivity contribution in [3.05, 3.63) is 83.2 Å². The Bertz CT molecular complexity index is 1330. The maximum absolute atomic E-state index is 13.5. The SMILES string of the molecule is CCOc1ccc(C2C(C(=O)OCCOC)=C(C)N=c3sc(=Cc4cccs4)c(=O)n32)cc1. The third kappa shape index (κ3) is 4.85. The second kappa shape index (κ2) is 10.3. The van der Waals surface area contributed by atoms with Crippen LogP contribution in [0.5, 0.6) is 5.75 Å². The molecule has 1 aromatic carbocycles. The van der Waals surface area contributed by atoms with E-state index in [0.29, 0.717) is 27.2 Å². The Labute approximate surface area is 198 Å². The molecule has 3 aromatic rings. The molecule has 1 aliphatic rings. The summed E-state index contributed by atoms with van der Waals surface area (Å²) < 4.78 is 18.1. The van der Waals surface area contributed by atoms with Crippen LogP contribution in [0.25, 0.3) is 6.08 Å². The molecule has 0 N–H and O–H groups in total. The monoisotopic (exact) mass is 484 g/mol. The van der Waals surface area contributed by atoms with Gasteiger partial charge in [-0.1, -0.05) is 29.5 Å². The van der Waals surface area contributed by atoms with Gasteiger partial charge in [0.1, 0.15) is 12.4 Å². The molecule has 0 aliphatic carbocycles. The number of ether oxygens (including phenoxy) is 3. The minimum absolute atomic E-state index is 0.116. The Hall–Kier alpha value is -3.01. The van der Waals surface area contributed by atoms with E-state index in [2.05, 4.69) is 4.99 Å². The molecule has 33 heavy (non-hydrogen) atoms. The fraction of sp³-hybridized carbons (Fsp3) is 0.292. The highest BCUT2D eigenvalue weighted by molar-refractivity contribution is 7.11. The molecule has 0 saturated carbocycles. The molecule has 0 fully saturated rings. The van der Waals surface area contributed by atoms with Crippen LogP contribution in [0.4, 0.5) is 0 Å². The topological polar surface area (TPSA) is 79.1 Å². The van der Waals surface area contributed by atoms with E-state index in [1.54, 1.807) is 29.9 Å². The molecule has 1 aliphatic heterocycles. The quantitative estimate of drug-likeness (QED) is 0.363. The molecule has 0 spiro atoms. The van der Waals surface area contributed by atoms with E-state index < -0.39 is 12.0 Å². The smallest absolute Gasteiger partial charge is 0.338 e. The second-order valence-corrected chi connectivity index (χ2v) is 9.22. The summed E-state index contributed by atoms with van der Waals surface area (Å²) in [6.45, 7) is 4.63. The Morgan fingerprint density at radius 1 is 1.21 bits per heavy atom. The van der Waals surface area contributed by atoms with Crippen molar-refractivity contribution in [3.63, 3.8) is 0 Å². The summed E-state index contributed by atoms with van der Waals surface area (Å²) in [6.07, 6.45) is 1.86. The number of methoxy groups -OCH3 is 1. The number of thiophene rings is 1. The van der Waals surface area contributed by atoms with E-state index in [1.807, 2.05) is 54.8 Å². The second-order valence-electron chi connectivity index (χ2n) is 7.23. The first-order chi connectivity index (χ1) is 16.0. The highest BCUT2D eigenvalue weighted by Gasteiger charge is 2.33. The zero-order valence-electron chi connectivity index (χ0n) is 18.6. The van der Waals surface area contributed by atoms with Crippen LogP contribution in [0, 0.1) is 0 Å². The Morgan fingerprint density at radius 3 is 2.67 bits per heavy atom. The van der Waals surface area contributed by atoms with Gasteiger partial charge < -0.3 is 14.2 Å². The Kier molecular flexibility index (Phi) is 7.22. The van der Waals surface area contributed by atoms with Crippen LogP contribution in [0.3, 0.4) is 0 Å². The van der Waals surface area contributed by atoms with Crippen LogP contribution < -0.4 is 19.6 Å². The van der Waals surface area contributed by atoms with Gasteiger partial charge in [-0.2, -0.15) is 0 Å². The van der Waals surface area contributed by atoms with Gasteiger partial charge in [-0.05, 0) is 49.1 Å². The van der Waals surface area contributed by atoms with Crippen molar-refractivity contribution < 1.29 is 19.0 Å². The number of thiazole rings is 1. The van der Waals surface area contributed by atoms with Crippen molar-refractivity contribution in [1.82, 2.24) is 4.57 Å². The van der Waals surface area contributed by atoms with Crippen molar-refractivity contribution in [2.45, 2.75) is 19.9 Å². The molecule has 4 rings (SSSR count). The Balaban J connectivity index is 1.85. The summed E-state index contributed by atoms with van der Waals surface area (Å²) >= 11 is 2.87. The number of carbonyl (C=O) groups excluding carboxylic acids is 1. The molecule has 3 heterocycles. The van der Waals surface area contributed by atoms with Crippen LogP contribution in [-0.2, 0) is 14.3 Å².